The average Bonchev–Trinajstić information content (AvgIpc) is 2.21. The standard InChI is InChI=1S/C8H19N.C6H6/c1-6-9(7(2)3)8(4)5;1-2-4-6-5-3-1/h7-8H,6H2,1-5H3;1-6H. The predicted octanol–water partition coefficient (Wildman–Crippen LogP) is 3.81. The van der Waals surface area contributed by atoms with Crippen LogP contribution in [0.1, 0.15) is 34.6 Å². The lowest BCUT2D eigenvalue weighted by Crippen LogP contribution is -2.36. The molecule has 1 aromatic carbocycles. The summed E-state index contributed by atoms with van der Waals surface area (Å²) in [4.78, 5) is 2.46. The zero-order valence-corrected chi connectivity index (χ0v) is 10.8. The maximum Gasteiger partial charge on any atom is 0.00411 e. The Morgan fingerprint density at radius 3 is 1.07 bits per heavy atom. The normalized spacial score (nSPS) is 10.4. The smallest absolute Gasteiger partial charge is 0.00411 e. The fourth-order valence-electron chi connectivity index (χ4n) is 1.71. The highest BCUT2D eigenvalue weighted by Crippen LogP contribution is 2.02. The summed E-state index contributed by atoms with van der Waals surface area (Å²) in [7, 11) is 0. The number of hydrogen-bond acceptors (Lipinski definition) is 1. The van der Waals surface area contributed by atoms with Crippen LogP contribution < -0.4 is 0 Å². The lowest BCUT2D eigenvalue weighted by Gasteiger charge is -2.28. The molecule has 0 amide bonds. The van der Waals surface area contributed by atoms with Gasteiger partial charge >= 0.3 is 0 Å². The van der Waals surface area contributed by atoms with Crippen molar-refractivity contribution in [2.45, 2.75) is 46.7 Å². The molecule has 1 nitrogen and oxygen atoms in total. The SMILES string of the molecule is CCN(C(C)C)C(C)C.c1ccccc1. The topological polar surface area (TPSA) is 3.24 Å². The number of benzene rings is 1. The quantitative estimate of drug-likeness (QED) is 0.728. The summed E-state index contributed by atoms with van der Waals surface area (Å²) in [6, 6.07) is 13.4. The van der Waals surface area contributed by atoms with Crippen molar-refractivity contribution in [2.75, 3.05) is 6.54 Å². The summed E-state index contributed by atoms with van der Waals surface area (Å²) >= 11 is 0. The second-order valence-corrected chi connectivity index (χ2v) is 4.17. The Balaban J connectivity index is 0.000000280. The van der Waals surface area contributed by atoms with E-state index in [9.17, 15) is 0 Å². The molecule has 0 atom stereocenters. The molecular weight excluding hydrogens is 182 g/mol. The zero-order chi connectivity index (χ0) is 11.7. The van der Waals surface area contributed by atoms with Crippen LogP contribution in [-0.4, -0.2) is 23.5 Å². The Labute approximate surface area is 95.1 Å². The average molecular weight is 207 g/mol. The second kappa shape index (κ2) is 8.49. The maximum absolute atomic E-state index is 2.46. The van der Waals surface area contributed by atoms with Crippen molar-refractivity contribution in [3.8, 4) is 0 Å². The highest BCUT2D eigenvalue weighted by molar-refractivity contribution is 4.99. The van der Waals surface area contributed by atoms with E-state index in [0.29, 0.717) is 12.1 Å². The Hall–Kier alpha value is -0.820. The van der Waals surface area contributed by atoms with Gasteiger partial charge in [-0.25, -0.2) is 0 Å². The minimum atomic E-state index is 0.690. The van der Waals surface area contributed by atoms with Crippen molar-refractivity contribution < 1.29 is 0 Å². The highest BCUT2D eigenvalue weighted by Gasteiger charge is 2.08. The van der Waals surface area contributed by atoms with Gasteiger partial charge in [0.25, 0.3) is 0 Å². The van der Waals surface area contributed by atoms with E-state index in [1.165, 1.54) is 0 Å². The molecule has 86 valence electrons. The summed E-state index contributed by atoms with van der Waals surface area (Å²) in [5.41, 5.74) is 0. The second-order valence-electron chi connectivity index (χ2n) is 4.17. The first-order valence-electron chi connectivity index (χ1n) is 5.85. The zero-order valence-electron chi connectivity index (χ0n) is 10.8. The molecule has 0 heterocycles. The minimum absolute atomic E-state index is 0.690. The van der Waals surface area contributed by atoms with Gasteiger partial charge in [0, 0.05) is 12.1 Å². The fourth-order valence-corrected chi connectivity index (χ4v) is 1.71. The third kappa shape index (κ3) is 7.15. The summed E-state index contributed by atoms with van der Waals surface area (Å²) in [6.45, 7) is 12.3. The molecular formula is C14H25N. The van der Waals surface area contributed by atoms with Gasteiger partial charge in [-0.3, -0.25) is 4.90 Å². The van der Waals surface area contributed by atoms with E-state index >= 15 is 0 Å². The molecule has 1 heteroatoms. The van der Waals surface area contributed by atoms with E-state index in [0.717, 1.165) is 6.54 Å². The minimum Gasteiger partial charge on any atom is -0.299 e. The summed E-state index contributed by atoms with van der Waals surface area (Å²) in [6.07, 6.45) is 0. The van der Waals surface area contributed by atoms with Gasteiger partial charge < -0.3 is 0 Å². The summed E-state index contributed by atoms with van der Waals surface area (Å²) in [5.74, 6) is 0. The summed E-state index contributed by atoms with van der Waals surface area (Å²) < 4.78 is 0. The van der Waals surface area contributed by atoms with Crippen molar-refractivity contribution in [1.82, 2.24) is 4.90 Å². The Morgan fingerprint density at radius 2 is 1.00 bits per heavy atom. The number of rotatable bonds is 3. The van der Waals surface area contributed by atoms with Crippen molar-refractivity contribution in [3.05, 3.63) is 36.4 Å². The maximum atomic E-state index is 2.46. The van der Waals surface area contributed by atoms with E-state index < -0.39 is 0 Å². The van der Waals surface area contributed by atoms with Crippen LogP contribution >= 0.6 is 0 Å². The van der Waals surface area contributed by atoms with Crippen LogP contribution in [0.25, 0.3) is 0 Å². The van der Waals surface area contributed by atoms with Crippen LogP contribution in [0.2, 0.25) is 0 Å². The molecule has 0 N–H and O–H groups in total. The molecule has 0 spiro atoms. The molecule has 0 fully saturated rings. The number of nitrogens with zero attached hydrogens (tertiary/aromatic N) is 1. The van der Waals surface area contributed by atoms with Crippen LogP contribution in [0.4, 0.5) is 0 Å². The molecule has 15 heavy (non-hydrogen) atoms. The lowest BCUT2D eigenvalue weighted by molar-refractivity contribution is 0.185. The van der Waals surface area contributed by atoms with Gasteiger partial charge in [-0.1, -0.05) is 43.3 Å². The number of hydrogen-bond donors (Lipinski definition) is 0. The van der Waals surface area contributed by atoms with E-state index in [1.54, 1.807) is 0 Å². The molecule has 0 saturated heterocycles. The molecule has 0 unspecified atom stereocenters. The van der Waals surface area contributed by atoms with Crippen LogP contribution in [0.3, 0.4) is 0 Å². The van der Waals surface area contributed by atoms with Crippen molar-refractivity contribution in [2.24, 2.45) is 0 Å². The highest BCUT2D eigenvalue weighted by atomic mass is 15.2. The Bertz CT molecular complexity index is 181. The summed E-state index contributed by atoms with van der Waals surface area (Å²) in [5, 5.41) is 0. The Morgan fingerprint density at radius 1 is 0.733 bits per heavy atom. The fraction of sp³-hybridized carbons (Fsp3) is 0.571. The molecule has 0 aromatic heterocycles. The molecule has 0 aliphatic rings. The largest absolute Gasteiger partial charge is 0.299 e. The van der Waals surface area contributed by atoms with Gasteiger partial charge in [0.2, 0.25) is 0 Å². The van der Waals surface area contributed by atoms with Crippen LogP contribution in [0.5, 0.6) is 0 Å². The van der Waals surface area contributed by atoms with Crippen LogP contribution in [0, 0.1) is 0 Å². The molecule has 0 saturated carbocycles. The van der Waals surface area contributed by atoms with Gasteiger partial charge in [-0.2, -0.15) is 0 Å². The van der Waals surface area contributed by atoms with Crippen LogP contribution in [-0.2, 0) is 0 Å². The van der Waals surface area contributed by atoms with E-state index in [4.69, 9.17) is 0 Å². The van der Waals surface area contributed by atoms with Crippen LogP contribution in [0.15, 0.2) is 36.4 Å². The van der Waals surface area contributed by atoms with Crippen molar-refractivity contribution in [3.63, 3.8) is 0 Å². The third-order valence-corrected chi connectivity index (χ3v) is 2.36. The van der Waals surface area contributed by atoms with Gasteiger partial charge in [0.05, 0.1) is 0 Å². The van der Waals surface area contributed by atoms with E-state index in [1.807, 2.05) is 36.4 Å². The lowest BCUT2D eigenvalue weighted by atomic mass is 10.2. The van der Waals surface area contributed by atoms with Gasteiger partial charge in [0.1, 0.15) is 0 Å². The van der Waals surface area contributed by atoms with Gasteiger partial charge in [-0.15, -0.1) is 0 Å². The van der Waals surface area contributed by atoms with Gasteiger partial charge in [0.15, 0.2) is 0 Å². The molecule has 0 aliphatic carbocycles. The first kappa shape index (κ1) is 14.2. The first-order valence-corrected chi connectivity index (χ1v) is 5.85. The van der Waals surface area contributed by atoms with E-state index in [2.05, 4.69) is 39.5 Å². The molecule has 1 aromatic rings. The van der Waals surface area contributed by atoms with E-state index in [-0.39, 0.29) is 0 Å². The molecule has 0 aliphatic heterocycles. The molecule has 1 rings (SSSR count). The van der Waals surface area contributed by atoms with Crippen molar-refractivity contribution in [1.29, 1.82) is 0 Å². The predicted molar refractivity (Wildman–Crippen MR) is 69.1 cm³/mol. The molecule has 0 bridgehead atoms. The Kier molecular flexibility index (Phi) is 8.02. The van der Waals surface area contributed by atoms with Gasteiger partial charge in [-0.05, 0) is 34.2 Å². The third-order valence-electron chi connectivity index (χ3n) is 2.36. The molecule has 0 radical (unpaired) electrons. The van der Waals surface area contributed by atoms with Crippen molar-refractivity contribution >= 4 is 0 Å². The monoisotopic (exact) mass is 207 g/mol. The first-order chi connectivity index (χ1) is 7.09.